The monoisotopic (exact) mass is 465 g/mol. The van der Waals surface area contributed by atoms with Gasteiger partial charge in [-0.1, -0.05) is 74.0 Å². The molecule has 0 fully saturated rings. The predicted molar refractivity (Wildman–Crippen MR) is 139 cm³/mol. The number of nitrogens with zero attached hydrogens (tertiary/aromatic N) is 2. The quantitative estimate of drug-likeness (QED) is 0.350. The molecule has 0 aliphatic carbocycles. The molecule has 5 rings (SSSR count). The number of hydrogen-bond acceptors (Lipinski definition) is 3. The lowest BCUT2D eigenvalue weighted by Gasteiger charge is -2.27. The second kappa shape index (κ2) is 8.73. The maximum Gasteiger partial charge on any atom is 0.273 e. The number of carbonyl (C=O) groups excluding carboxylic acids is 1. The average Bonchev–Trinajstić information content (AvgIpc) is 3.34. The summed E-state index contributed by atoms with van der Waals surface area (Å²) in [4.78, 5) is 15.6. The zero-order chi connectivity index (χ0) is 24.9. The highest BCUT2D eigenvalue weighted by Crippen LogP contribution is 2.46. The summed E-state index contributed by atoms with van der Waals surface area (Å²) in [5.41, 5.74) is 9.05. The first-order chi connectivity index (χ1) is 16.7. The molecule has 5 heteroatoms. The number of aromatic hydroxyl groups is 1. The number of rotatable bonds is 5. The van der Waals surface area contributed by atoms with Gasteiger partial charge in [-0.3, -0.25) is 9.89 Å². The van der Waals surface area contributed by atoms with Crippen LogP contribution in [0, 0.1) is 20.8 Å². The van der Waals surface area contributed by atoms with E-state index in [1.807, 2.05) is 24.8 Å². The van der Waals surface area contributed by atoms with Crippen molar-refractivity contribution in [3.05, 3.63) is 105 Å². The van der Waals surface area contributed by atoms with Crippen LogP contribution in [0.3, 0.4) is 0 Å². The van der Waals surface area contributed by atoms with Crippen molar-refractivity contribution in [2.24, 2.45) is 0 Å². The summed E-state index contributed by atoms with van der Waals surface area (Å²) in [7, 11) is 0. The van der Waals surface area contributed by atoms with Crippen LogP contribution in [0.1, 0.15) is 75.2 Å². The predicted octanol–water partition coefficient (Wildman–Crippen LogP) is 6.58. The summed E-state index contributed by atoms with van der Waals surface area (Å²) >= 11 is 0. The molecular formula is C30H31N3O2. The molecule has 0 spiro atoms. The molecular weight excluding hydrogens is 434 g/mol. The lowest BCUT2D eigenvalue weighted by molar-refractivity contribution is 0.0730. The first-order valence-electron chi connectivity index (χ1n) is 12.1. The van der Waals surface area contributed by atoms with Gasteiger partial charge in [-0.2, -0.15) is 5.10 Å². The summed E-state index contributed by atoms with van der Waals surface area (Å²) in [6, 6.07) is 20.3. The number of benzene rings is 3. The van der Waals surface area contributed by atoms with Crippen LogP contribution in [-0.2, 0) is 6.54 Å². The van der Waals surface area contributed by atoms with Crippen LogP contribution in [0.4, 0.5) is 0 Å². The lowest BCUT2D eigenvalue weighted by Crippen LogP contribution is -2.29. The number of aryl methyl sites for hydroxylation is 3. The van der Waals surface area contributed by atoms with E-state index in [0.717, 1.165) is 27.8 Å². The van der Waals surface area contributed by atoms with Gasteiger partial charge in [0.2, 0.25) is 0 Å². The highest BCUT2D eigenvalue weighted by atomic mass is 16.3. The van der Waals surface area contributed by atoms with Crippen molar-refractivity contribution < 1.29 is 9.90 Å². The van der Waals surface area contributed by atoms with Crippen molar-refractivity contribution in [1.29, 1.82) is 0 Å². The van der Waals surface area contributed by atoms with E-state index in [9.17, 15) is 9.90 Å². The van der Waals surface area contributed by atoms with Gasteiger partial charge >= 0.3 is 0 Å². The number of aromatic amines is 1. The number of nitrogens with one attached hydrogen (secondary N) is 1. The second-order valence-electron chi connectivity index (χ2n) is 9.98. The molecule has 2 N–H and O–H groups in total. The van der Waals surface area contributed by atoms with Crippen LogP contribution >= 0.6 is 0 Å². The largest absolute Gasteiger partial charge is 0.507 e. The Morgan fingerprint density at radius 1 is 0.971 bits per heavy atom. The van der Waals surface area contributed by atoms with Crippen molar-refractivity contribution in [3.8, 4) is 17.0 Å². The van der Waals surface area contributed by atoms with Gasteiger partial charge in [-0.15, -0.1) is 0 Å². The Bertz CT molecular complexity index is 1380. The number of aromatic nitrogens is 2. The average molecular weight is 466 g/mol. The molecule has 1 atom stereocenters. The van der Waals surface area contributed by atoms with Crippen molar-refractivity contribution >= 4 is 5.91 Å². The van der Waals surface area contributed by atoms with Crippen LogP contribution in [0.2, 0.25) is 0 Å². The first-order valence-corrected chi connectivity index (χ1v) is 12.1. The van der Waals surface area contributed by atoms with Crippen molar-refractivity contribution in [1.82, 2.24) is 15.1 Å². The minimum Gasteiger partial charge on any atom is -0.507 e. The SMILES string of the molecule is Cc1ccc(CN2C(=O)c3[nH]nc(-c4c(C)cc(C)cc4O)c3C2c2ccc(C(C)C)cc2)cc1. The second-order valence-corrected chi connectivity index (χ2v) is 9.98. The van der Waals surface area contributed by atoms with E-state index < -0.39 is 0 Å². The van der Waals surface area contributed by atoms with Gasteiger partial charge in [-0.25, -0.2) is 0 Å². The molecule has 0 bridgehead atoms. The fourth-order valence-corrected chi connectivity index (χ4v) is 5.10. The Labute approximate surface area is 206 Å². The lowest BCUT2D eigenvalue weighted by atomic mass is 9.92. The Kier molecular flexibility index (Phi) is 5.72. The van der Waals surface area contributed by atoms with E-state index in [1.165, 1.54) is 11.1 Å². The Morgan fingerprint density at radius 2 is 1.66 bits per heavy atom. The minimum atomic E-state index is -0.311. The summed E-state index contributed by atoms with van der Waals surface area (Å²) in [5.74, 6) is 0.516. The maximum atomic E-state index is 13.7. The normalized spacial score (nSPS) is 15.2. The van der Waals surface area contributed by atoms with Crippen molar-refractivity contribution in [2.45, 2.75) is 53.1 Å². The molecule has 2 heterocycles. The van der Waals surface area contributed by atoms with Gasteiger partial charge < -0.3 is 10.0 Å². The third kappa shape index (κ3) is 4.01. The summed E-state index contributed by atoms with van der Waals surface area (Å²) in [6.07, 6.45) is 0. The molecule has 1 aromatic heterocycles. The molecule has 1 amide bonds. The van der Waals surface area contributed by atoms with E-state index in [0.29, 0.717) is 29.4 Å². The van der Waals surface area contributed by atoms with Gasteiger partial charge in [0.15, 0.2) is 0 Å². The first kappa shape index (κ1) is 22.9. The molecule has 4 aromatic rings. The van der Waals surface area contributed by atoms with E-state index in [-0.39, 0.29) is 17.7 Å². The number of phenols is 1. The Balaban J connectivity index is 1.67. The minimum absolute atomic E-state index is 0.0819. The summed E-state index contributed by atoms with van der Waals surface area (Å²) < 4.78 is 0. The Hall–Kier alpha value is -3.86. The molecule has 0 saturated carbocycles. The highest BCUT2D eigenvalue weighted by molar-refractivity contribution is 6.00. The number of H-pyrrole nitrogens is 1. The van der Waals surface area contributed by atoms with Gasteiger partial charge in [0, 0.05) is 17.7 Å². The van der Waals surface area contributed by atoms with Crippen molar-refractivity contribution in [3.63, 3.8) is 0 Å². The molecule has 178 valence electrons. The Morgan fingerprint density at radius 3 is 2.29 bits per heavy atom. The highest BCUT2D eigenvalue weighted by Gasteiger charge is 2.42. The summed E-state index contributed by atoms with van der Waals surface area (Å²) in [6.45, 7) is 10.8. The van der Waals surface area contributed by atoms with Crippen LogP contribution in [0.5, 0.6) is 5.75 Å². The van der Waals surface area contributed by atoms with Gasteiger partial charge in [-0.05, 0) is 60.6 Å². The number of amides is 1. The topological polar surface area (TPSA) is 69.2 Å². The molecule has 5 nitrogen and oxygen atoms in total. The fraction of sp³-hybridized carbons (Fsp3) is 0.267. The van der Waals surface area contributed by atoms with E-state index in [4.69, 9.17) is 0 Å². The van der Waals surface area contributed by atoms with Crippen LogP contribution < -0.4 is 0 Å². The van der Waals surface area contributed by atoms with Crippen LogP contribution in [0.15, 0.2) is 60.7 Å². The summed E-state index contributed by atoms with van der Waals surface area (Å²) in [5, 5.41) is 18.4. The molecule has 35 heavy (non-hydrogen) atoms. The smallest absolute Gasteiger partial charge is 0.273 e. The third-order valence-corrected chi connectivity index (χ3v) is 6.95. The molecule has 3 aromatic carbocycles. The van der Waals surface area contributed by atoms with Gasteiger partial charge in [0.25, 0.3) is 5.91 Å². The van der Waals surface area contributed by atoms with E-state index in [1.54, 1.807) is 6.07 Å². The van der Waals surface area contributed by atoms with Crippen LogP contribution in [0.25, 0.3) is 11.3 Å². The van der Waals surface area contributed by atoms with Crippen molar-refractivity contribution in [2.75, 3.05) is 0 Å². The fourth-order valence-electron chi connectivity index (χ4n) is 5.10. The zero-order valence-electron chi connectivity index (χ0n) is 20.9. The molecule has 1 aliphatic heterocycles. The molecule has 1 aliphatic rings. The van der Waals surface area contributed by atoms with Crippen LogP contribution in [-0.4, -0.2) is 26.1 Å². The van der Waals surface area contributed by atoms with Gasteiger partial charge in [0.05, 0.1) is 6.04 Å². The number of fused-ring (bicyclic) bond motifs is 1. The molecule has 1 unspecified atom stereocenters. The third-order valence-electron chi connectivity index (χ3n) is 6.95. The zero-order valence-corrected chi connectivity index (χ0v) is 20.9. The number of carbonyl (C=O) groups is 1. The van der Waals surface area contributed by atoms with E-state index in [2.05, 4.69) is 79.5 Å². The van der Waals surface area contributed by atoms with Gasteiger partial charge in [0.1, 0.15) is 17.1 Å². The van der Waals surface area contributed by atoms with E-state index >= 15 is 0 Å². The standard InChI is InChI=1S/C30H31N3O2/c1-17(2)22-10-12-23(13-11-22)29-26-27(25-20(5)14-19(4)15-24(25)34)31-32-28(26)30(35)33(29)16-21-8-6-18(3)7-9-21/h6-15,17,29,34H,16H2,1-5H3,(H,31,32). The number of hydrogen-bond donors (Lipinski definition) is 2. The number of phenolic OH excluding ortho intramolecular Hbond substituents is 1. The maximum absolute atomic E-state index is 13.7. The molecule has 0 radical (unpaired) electrons. The molecule has 0 saturated heterocycles.